The van der Waals surface area contributed by atoms with Crippen LogP contribution in [0.15, 0.2) is 24.3 Å². The van der Waals surface area contributed by atoms with E-state index in [1.165, 1.54) is 7.11 Å². The number of ether oxygens (including phenoxy) is 2. The first kappa shape index (κ1) is 13.2. The van der Waals surface area contributed by atoms with Crippen molar-refractivity contribution in [1.29, 1.82) is 0 Å². The third-order valence-corrected chi connectivity index (χ3v) is 2.84. The first-order valence-electron chi connectivity index (χ1n) is 5.99. The highest BCUT2D eigenvalue weighted by molar-refractivity contribution is 5.87. The maximum atomic E-state index is 12.0. The fourth-order valence-corrected chi connectivity index (χ4v) is 1.80. The normalized spacial score (nSPS) is 18.3. The summed E-state index contributed by atoms with van der Waals surface area (Å²) in [7, 11) is 1.28. The lowest BCUT2D eigenvalue weighted by Crippen LogP contribution is -2.49. The smallest absolute Gasteiger partial charge is 0.328 e. The Hall–Kier alpha value is -2.24. The number of carbonyl (C=O) groups is 2. The van der Waals surface area contributed by atoms with Gasteiger partial charge in [-0.05, 0) is 19.1 Å². The van der Waals surface area contributed by atoms with Crippen molar-refractivity contribution in [3.8, 4) is 5.75 Å². The molecular formula is C13H16N2O4. The zero-order chi connectivity index (χ0) is 13.8. The van der Waals surface area contributed by atoms with Gasteiger partial charge in [-0.15, -0.1) is 0 Å². The molecule has 0 aliphatic carbocycles. The van der Waals surface area contributed by atoms with E-state index in [-0.39, 0.29) is 5.91 Å². The van der Waals surface area contributed by atoms with Gasteiger partial charge in [0.05, 0.1) is 19.3 Å². The van der Waals surface area contributed by atoms with Crippen molar-refractivity contribution < 1.29 is 19.1 Å². The molecule has 19 heavy (non-hydrogen) atoms. The van der Waals surface area contributed by atoms with E-state index in [2.05, 4.69) is 15.4 Å². The van der Waals surface area contributed by atoms with Crippen molar-refractivity contribution in [2.75, 3.05) is 19.0 Å². The van der Waals surface area contributed by atoms with Crippen molar-refractivity contribution >= 4 is 17.6 Å². The van der Waals surface area contributed by atoms with E-state index in [0.717, 1.165) is 5.69 Å². The van der Waals surface area contributed by atoms with Crippen LogP contribution in [0.3, 0.4) is 0 Å². The molecule has 0 saturated heterocycles. The summed E-state index contributed by atoms with van der Waals surface area (Å²) < 4.78 is 10.1. The summed E-state index contributed by atoms with van der Waals surface area (Å²) in [6, 6.07) is 6.68. The first-order chi connectivity index (χ1) is 9.11. The maximum absolute atomic E-state index is 12.0. The Balaban J connectivity index is 1.97. The van der Waals surface area contributed by atoms with Crippen LogP contribution in [0.2, 0.25) is 0 Å². The standard InChI is InChI=1S/C13H16N2O4/c1-8(13(17)18-2)15-12(16)11-7-14-9-5-3-4-6-10(9)19-11/h3-6,8,11,14H,7H2,1-2H3,(H,15,16). The van der Waals surface area contributed by atoms with Gasteiger partial charge in [0.2, 0.25) is 0 Å². The van der Waals surface area contributed by atoms with Gasteiger partial charge in [0.15, 0.2) is 6.10 Å². The highest BCUT2D eigenvalue weighted by Crippen LogP contribution is 2.28. The number of methoxy groups -OCH3 is 1. The molecule has 2 rings (SSSR count). The van der Waals surface area contributed by atoms with Crippen molar-refractivity contribution in [1.82, 2.24) is 5.32 Å². The summed E-state index contributed by atoms with van der Waals surface area (Å²) in [6.45, 7) is 1.92. The van der Waals surface area contributed by atoms with Gasteiger partial charge in [0.1, 0.15) is 11.8 Å². The largest absolute Gasteiger partial charge is 0.477 e. The van der Waals surface area contributed by atoms with Crippen LogP contribution in [0.4, 0.5) is 5.69 Å². The molecule has 6 heteroatoms. The van der Waals surface area contributed by atoms with Gasteiger partial charge in [0.25, 0.3) is 5.91 Å². The number of anilines is 1. The zero-order valence-electron chi connectivity index (χ0n) is 10.8. The van der Waals surface area contributed by atoms with Crippen LogP contribution in [0.25, 0.3) is 0 Å². The number of hydrogen-bond donors (Lipinski definition) is 2. The van der Waals surface area contributed by atoms with E-state index < -0.39 is 18.1 Å². The van der Waals surface area contributed by atoms with Gasteiger partial charge in [0, 0.05) is 0 Å². The molecule has 1 aliphatic rings. The minimum absolute atomic E-state index is 0.347. The Morgan fingerprint density at radius 2 is 2.21 bits per heavy atom. The van der Waals surface area contributed by atoms with Crippen LogP contribution in [-0.4, -0.2) is 37.7 Å². The quantitative estimate of drug-likeness (QED) is 0.779. The number of fused-ring (bicyclic) bond motifs is 1. The molecule has 2 unspecified atom stereocenters. The summed E-state index contributed by atoms with van der Waals surface area (Å²) in [5.41, 5.74) is 0.854. The number of carbonyl (C=O) groups excluding carboxylic acids is 2. The minimum atomic E-state index is -0.696. The molecule has 1 aromatic carbocycles. The van der Waals surface area contributed by atoms with Gasteiger partial charge in [-0.3, -0.25) is 4.79 Å². The van der Waals surface area contributed by atoms with Crippen LogP contribution in [0.1, 0.15) is 6.92 Å². The molecule has 2 atom stereocenters. The lowest BCUT2D eigenvalue weighted by molar-refractivity contribution is -0.145. The van der Waals surface area contributed by atoms with Crippen LogP contribution >= 0.6 is 0 Å². The Morgan fingerprint density at radius 1 is 1.47 bits per heavy atom. The lowest BCUT2D eigenvalue weighted by Gasteiger charge is -2.27. The Kier molecular flexibility index (Phi) is 3.89. The lowest BCUT2D eigenvalue weighted by atomic mass is 10.2. The molecule has 0 saturated carbocycles. The van der Waals surface area contributed by atoms with E-state index in [9.17, 15) is 9.59 Å². The number of hydrogen-bond acceptors (Lipinski definition) is 5. The van der Waals surface area contributed by atoms with E-state index in [4.69, 9.17) is 4.74 Å². The summed E-state index contributed by atoms with van der Waals surface area (Å²) in [4.78, 5) is 23.2. The van der Waals surface area contributed by atoms with Crippen molar-refractivity contribution in [2.24, 2.45) is 0 Å². The molecule has 1 aliphatic heterocycles. The number of para-hydroxylation sites is 2. The second-order valence-electron chi connectivity index (χ2n) is 4.24. The number of esters is 1. The first-order valence-corrected chi connectivity index (χ1v) is 5.99. The highest BCUT2D eigenvalue weighted by atomic mass is 16.5. The predicted molar refractivity (Wildman–Crippen MR) is 69.0 cm³/mol. The van der Waals surface area contributed by atoms with E-state index in [1.54, 1.807) is 13.0 Å². The number of rotatable bonds is 3. The average molecular weight is 264 g/mol. The second kappa shape index (κ2) is 5.60. The molecule has 1 aromatic rings. The van der Waals surface area contributed by atoms with E-state index >= 15 is 0 Å². The monoisotopic (exact) mass is 264 g/mol. The van der Waals surface area contributed by atoms with Gasteiger partial charge in [-0.2, -0.15) is 0 Å². The van der Waals surface area contributed by atoms with E-state index in [1.807, 2.05) is 18.2 Å². The molecule has 102 valence electrons. The van der Waals surface area contributed by atoms with Gasteiger partial charge in [-0.25, -0.2) is 4.79 Å². The molecule has 2 N–H and O–H groups in total. The van der Waals surface area contributed by atoms with Crippen LogP contribution in [-0.2, 0) is 14.3 Å². The van der Waals surface area contributed by atoms with Crippen molar-refractivity contribution in [2.45, 2.75) is 19.1 Å². The predicted octanol–water partition coefficient (Wildman–Crippen LogP) is 0.537. The number of benzene rings is 1. The fraction of sp³-hybridized carbons (Fsp3) is 0.385. The molecule has 0 spiro atoms. The summed E-state index contributed by atoms with van der Waals surface area (Å²) >= 11 is 0. The van der Waals surface area contributed by atoms with Crippen LogP contribution in [0.5, 0.6) is 5.75 Å². The molecule has 0 fully saturated rings. The number of amides is 1. The topological polar surface area (TPSA) is 76.7 Å². The Labute approximate surface area is 111 Å². The summed E-state index contributed by atoms with van der Waals surface area (Å²) in [5.74, 6) is -0.211. The number of nitrogens with one attached hydrogen (secondary N) is 2. The van der Waals surface area contributed by atoms with Crippen LogP contribution in [0, 0.1) is 0 Å². The summed E-state index contributed by atoms with van der Waals surface area (Å²) in [5, 5.41) is 5.66. The molecule has 1 amide bonds. The van der Waals surface area contributed by atoms with Gasteiger partial charge >= 0.3 is 5.97 Å². The van der Waals surface area contributed by atoms with Crippen LogP contribution < -0.4 is 15.4 Å². The van der Waals surface area contributed by atoms with Crippen molar-refractivity contribution in [3.05, 3.63) is 24.3 Å². The highest BCUT2D eigenvalue weighted by Gasteiger charge is 2.28. The molecule has 6 nitrogen and oxygen atoms in total. The SMILES string of the molecule is COC(=O)C(C)NC(=O)C1CNc2ccccc2O1. The van der Waals surface area contributed by atoms with Gasteiger partial charge < -0.3 is 20.1 Å². The minimum Gasteiger partial charge on any atom is -0.477 e. The summed E-state index contributed by atoms with van der Waals surface area (Å²) in [6.07, 6.45) is -0.665. The third kappa shape index (κ3) is 2.96. The molecular weight excluding hydrogens is 248 g/mol. The molecule has 0 radical (unpaired) electrons. The molecule has 1 heterocycles. The molecule has 0 bridgehead atoms. The Bertz CT molecular complexity index is 489. The van der Waals surface area contributed by atoms with E-state index in [0.29, 0.717) is 12.3 Å². The zero-order valence-corrected chi connectivity index (χ0v) is 10.8. The third-order valence-electron chi connectivity index (χ3n) is 2.84. The second-order valence-corrected chi connectivity index (χ2v) is 4.24. The average Bonchev–Trinajstić information content (AvgIpc) is 2.45. The van der Waals surface area contributed by atoms with Crippen molar-refractivity contribution in [3.63, 3.8) is 0 Å². The Morgan fingerprint density at radius 3 is 2.95 bits per heavy atom. The fourth-order valence-electron chi connectivity index (χ4n) is 1.80. The van der Waals surface area contributed by atoms with Gasteiger partial charge in [-0.1, -0.05) is 12.1 Å². The maximum Gasteiger partial charge on any atom is 0.328 e. The molecule has 0 aromatic heterocycles.